The maximum atomic E-state index is 12.5. The number of amides is 1. The van der Waals surface area contributed by atoms with E-state index in [-0.39, 0.29) is 24.5 Å². The van der Waals surface area contributed by atoms with Gasteiger partial charge in [0.2, 0.25) is 0 Å². The van der Waals surface area contributed by atoms with Gasteiger partial charge < -0.3 is 10.4 Å². The predicted molar refractivity (Wildman–Crippen MR) is 107 cm³/mol. The Hall–Kier alpha value is -2.74. The number of nitrogens with zero attached hydrogens (tertiary/aromatic N) is 3. The molecular weight excluding hydrogens is 370 g/mol. The van der Waals surface area contributed by atoms with Crippen LogP contribution in [-0.4, -0.2) is 62.2 Å². The first-order valence-corrected chi connectivity index (χ1v) is 10.3. The van der Waals surface area contributed by atoms with E-state index in [9.17, 15) is 9.59 Å². The number of rotatable bonds is 9. The second kappa shape index (κ2) is 8.32. The molecule has 0 bridgehead atoms. The molecule has 1 amide bonds. The van der Waals surface area contributed by atoms with E-state index in [2.05, 4.69) is 25.4 Å². The minimum absolute atomic E-state index is 0.0876. The first kappa shape index (κ1) is 19.6. The lowest BCUT2D eigenvalue weighted by molar-refractivity contribution is -0.139. The van der Waals surface area contributed by atoms with Gasteiger partial charge in [0.1, 0.15) is 5.82 Å². The van der Waals surface area contributed by atoms with Crippen molar-refractivity contribution in [2.24, 2.45) is 5.92 Å². The summed E-state index contributed by atoms with van der Waals surface area (Å²) >= 11 is 0. The Morgan fingerprint density at radius 3 is 2.55 bits per heavy atom. The summed E-state index contributed by atoms with van der Waals surface area (Å²) in [4.78, 5) is 30.1. The molecule has 0 unspecified atom stereocenters. The topological polar surface area (TPSA) is 111 Å². The Labute approximate surface area is 169 Å². The van der Waals surface area contributed by atoms with Crippen molar-refractivity contribution in [1.82, 2.24) is 25.4 Å². The van der Waals surface area contributed by atoms with E-state index >= 15 is 0 Å². The van der Waals surface area contributed by atoms with E-state index in [1.165, 1.54) is 12.8 Å². The Morgan fingerprint density at radius 1 is 1.24 bits per heavy atom. The van der Waals surface area contributed by atoms with Gasteiger partial charge in [-0.15, -0.1) is 0 Å². The molecular formula is C21H27N5O3. The van der Waals surface area contributed by atoms with Gasteiger partial charge >= 0.3 is 5.97 Å². The highest BCUT2D eigenvalue weighted by atomic mass is 16.4. The molecule has 8 nitrogen and oxygen atoms in total. The zero-order valence-electron chi connectivity index (χ0n) is 16.6. The summed E-state index contributed by atoms with van der Waals surface area (Å²) in [6, 6.07) is 7.62. The lowest BCUT2D eigenvalue weighted by atomic mass is 9.85. The lowest BCUT2D eigenvalue weighted by Gasteiger charge is -2.42. The monoisotopic (exact) mass is 397 g/mol. The van der Waals surface area contributed by atoms with Gasteiger partial charge in [-0.2, -0.15) is 5.10 Å². The molecule has 0 spiro atoms. The van der Waals surface area contributed by atoms with Crippen molar-refractivity contribution >= 4 is 11.9 Å². The van der Waals surface area contributed by atoms with Crippen LogP contribution in [0.5, 0.6) is 0 Å². The lowest BCUT2D eigenvalue weighted by Crippen LogP contribution is -2.55. The van der Waals surface area contributed by atoms with E-state index in [0.29, 0.717) is 17.3 Å². The van der Waals surface area contributed by atoms with Crippen molar-refractivity contribution < 1.29 is 14.7 Å². The van der Waals surface area contributed by atoms with Crippen LogP contribution in [-0.2, 0) is 11.2 Å². The molecule has 2 fully saturated rings. The number of benzene rings is 1. The molecule has 0 aliphatic heterocycles. The third-order valence-corrected chi connectivity index (χ3v) is 5.76. The van der Waals surface area contributed by atoms with Crippen molar-refractivity contribution in [1.29, 1.82) is 0 Å². The standard InChI is InChI=1S/C21H27N5O3/c1-2-18-23-20(25-24-18)14-5-7-15(8-6-14)21(29)22-16-9-17(10-16)26(12-19(27)28)11-13-3-4-13/h5-8,13,16-17H,2-4,9-12H2,1H3,(H,22,29)(H,27,28)(H,23,24,25). The number of nitrogens with one attached hydrogen (secondary N) is 2. The molecule has 2 aliphatic rings. The summed E-state index contributed by atoms with van der Waals surface area (Å²) in [7, 11) is 0. The molecule has 0 atom stereocenters. The summed E-state index contributed by atoms with van der Waals surface area (Å²) in [5, 5.41) is 19.3. The maximum Gasteiger partial charge on any atom is 0.317 e. The highest BCUT2D eigenvalue weighted by Gasteiger charge is 2.37. The minimum atomic E-state index is -0.782. The largest absolute Gasteiger partial charge is 0.480 e. The third-order valence-electron chi connectivity index (χ3n) is 5.76. The van der Waals surface area contributed by atoms with Crippen LogP contribution >= 0.6 is 0 Å². The molecule has 1 aromatic heterocycles. The normalized spacial score (nSPS) is 21.0. The molecule has 29 heavy (non-hydrogen) atoms. The average molecular weight is 397 g/mol. The number of H-pyrrole nitrogens is 1. The fourth-order valence-electron chi connectivity index (χ4n) is 3.77. The van der Waals surface area contributed by atoms with Crippen LogP contribution in [0.1, 0.15) is 48.8 Å². The molecule has 1 aromatic carbocycles. The first-order chi connectivity index (χ1) is 14.0. The van der Waals surface area contributed by atoms with Crippen LogP contribution in [0.2, 0.25) is 0 Å². The van der Waals surface area contributed by atoms with E-state index in [1.807, 2.05) is 19.1 Å². The van der Waals surface area contributed by atoms with Crippen LogP contribution in [0.15, 0.2) is 24.3 Å². The van der Waals surface area contributed by atoms with E-state index in [1.54, 1.807) is 12.1 Å². The second-order valence-electron chi connectivity index (χ2n) is 8.10. The Kier molecular flexibility index (Phi) is 5.62. The van der Waals surface area contributed by atoms with Crippen molar-refractivity contribution in [3.05, 3.63) is 35.7 Å². The molecule has 0 radical (unpaired) electrons. The smallest absolute Gasteiger partial charge is 0.317 e. The number of carboxylic acid groups (broad SMARTS) is 1. The third kappa shape index (κ3) is 4.82. The average Bonchev–Trinajstić information content (AvgIpc) is 3.36. The molecule has 154 valence electrons. The summed E-state index contributed by atoms with van der Waals surface area (Å²) in [5.74, 6) is 1.23. The van der Waals surface area contributed by atoms with Crippen LogP contribution in [0.3, 0.4) is 0 Å². The highest BCUT2D eigenvalue weighted by molar-refractivity contribution is 5.94. The summed E-state index contributed by atoms with van der Waals surface area (Å²) in [6.45, 7) is 2.96. The van der Waals surface area contributed by atoms with Gasteiger partial charge in [-0.05, 0) is 43.7 Å². The molecule has 1 heterocycles. The maximum absolute atomic E-state index is 12.5. The molecule has 8 heteroatoms. The van der Waals surface area contributed by atoms with Gasteiger partial charge in [0.15, 0.2) is 5.82 Å². The van der Waals surface area contributed by atoms with Crippen molar-refractivity contribution in [2.45, 2.75) is 51.1 Å². The van der Waals surface area contributed by atoms with Crippen molar-refractivity contribution in [3.63, 3.8) is 0 Å². The zero-order chi connectivity index (χ0) is 20.4. The Morgan fingerprint density at radius 2 is 1.97 bits per heavy atom. The second-order valence-corrected chi connectivity index (χ2v) is 8.10. The van der Waals surface area contributed by atoms with Gasteiger partial charge in [-0.25, -0.2) is 4.98 Å². The number of hydrogen-bond acceptors (Lipinski definition) is 5. The predicted octanol–water partition coefficient (Wildman–Crippen LogP) is 2.09. The van der Waals surface area contributed by atoms with Crippen LogP contribution < -0.4 is 5.32 Å². The number of aliphatic carboxylic acids is 1. The van der Waals surface area contributed by atoms with Gasteiger partial charge in [-0.1, -0.05) is 19.1 Å². The molecule has 2 aliphatic carbocycles. The molecule has 2 saturated carbocycles. The van der Waals surface area contributed by atoms with E-state index in [4.69, 9.17) is 5.11 Å². The van der Waals surface area contributed by atoms with Gasteiger partial charge in [0, 0.05) is 36.2 Å². The number of aromatic nitrogens is 3. The van der Waals surface area contributed by atoms with Crippen LogP contribution in [0, 0.1) is 5.92 Å². The van der Waals surface area contributed by atoms with E-state index < -0.39 is 5.97 Å². The SMILES string of the molecule is CCc1nc(-c2ccc(C(=O)NC3CC(N(CC(=O)O)CC4CC4)C3)cc2)n[nH]1. The number of carbonyl (C=O) groups is 2. The number of carboxylic acids is 1. The highest BCUT2D eigenvalue weighted by Crippen LogP contribution is 2.33. The summed E-state index contributed by atoms with van der Waals surface area (Å²) in [6.07, 6.45) is 4.81. The number of hydrogen-bond donors (Lipinski definition) is 3. The Balaban J connectivity index is 1.29. The number of carbonyl (C=O) groups excluding carboxylic acids is 1. The molecule has 0 saturated heterocycles. The summed E-state index contributed by atoms with van der Waals surface area (Å²) < 4.78 is 0. The minimum Gasteiger partial charge on any atom is -0.480 e. The molecule has 2 aromatic rings. The zero-order valence-corrected chi connectivity index (χ0v) is 16.6. The van der Waals surface area contributed by atoms with Crippen LogP contribution in [0.4, 0.5) is 0 Å². The van der Waals surface area contributed by atoms with Gasteiger partial charge in [-0.3, -0.25) is 19.6 Å². The quantitative estimate of drug-likeness (QED) is 0.597. The van der Waals surface area contributed by atoms with Gasteiger partial charge in [0.05, 0.1) is 6.54 Å². The molecule has 4 rings (SSSR count). The van der Waals surface area contributed by atoms with Gasteiger partial charge in [0.25, 0.3) is 5.91 Å². The molecule has 3 N–H and O–H groups in total. The van der Waals surface area contributed by atoms with Crippen LogP contribution in [0.25, 0.3) is 11.4 Å². The fourth-order valence-corrected chi connectivity index (χ4v) is 3.77. The number of aryl methyl sites for hydroxylation is 1. The van der Waals surface area contributed by atoms with Crippen molar-refractivity contribution in [3.8, 4) is 11.4 Å². The van der Waals surface area contributed by atoms with Crippen molar-refractivity contribution in [2.75, 3.05) is 13.1 Å². The Bertz CT molecular complexity index is 869. The first-order valence-electron chi connectivity index (χ1n) is 10.3. The number of aromatic amines is 1. The van der Waals surface area contributed by atoms with E-state index in [0.717, 1.165) is 37.2 Å². The fraction of sp³-hybridized carbons (Fsp3) is 0.524. The summed E-state index contributed by atoms with van der Waals surface area (Å²) in [5.41, 5.74) is 1.47.